The summed E-state index contributed by atoms with van der Waals surface area (Å²) >= 11 is 0. The van der Waals surface area contributed by atoms with Crippen LogP contribution in [0.2, 0.25) is 0 Å². The van der Waals surface area contributed by atoms with Crippen LogP contribution in [0.15, 0.2) is 66.7 Å². The summed E-state index contributed by atoms with van der Waals surface area (Å²) in [5.74, 6) is -0.555. The summed E-state index contributed by atoms with van der Waals surface area (Å²) in [5.41, 5.74) is 10.3. The SMILES string of the molecule is Cc1cc(C(N)=O)ccc1-c1ccc(C[C@H](NC(=O)C2CCC(CNC(=O)OC(C)(C)C)CC2)C(=O)Nc2ccc(-c3nn[nH]n3)cc2)cc1. The van der Waals surface area contributed by atoms with Crippen molar-refractivity contribution in [2.45, 2.75) is 71.4 Å². The molecule has 0 saturated heterocycles. The zero-order valence-corrected chi connectivity index (χ0v) is 28.8. The van der Waals surface area contributed by atoms with Crippen LogP contribution >= 0.6 is 0 Å². The van der Waals surface area contributed by atoms with Crippen LogP contribution < -0.4 is 21.7 Å². The van der Waals surface area contributed by atoms with Gasteiger partial charge in [0.1, 0.15) is 11.6 Å². The van der Waals surface area contributed by atoms with Crippen molar-refractivity contribution in [2.24, 2.45) is 17.6 Å². The Bertz CT molecular complexity index is 1790. The minimum absolute atomic E-state index is 0.169. The van der Waals surface area contributed by atoms with Gasteiger partial charge in [-0.05, 0) is 123 Å². The number of hydrogen-bond acceptors (Lipinski definition) is 8. The number of carbonyl (C=O) groups excluding carboxylic acids is 4. The highest BCUT2D eigenvalue weighted by molar-refractivity contribution is 5.98. The molecule has 0 spiro atoms. The number of tetrazole rings is 1. The fourth-order valence-corrected chi connectivity index (χ4v) is 6.08. The molecule has 1 fully saturated rings. The number of alkyl carbamates (subject to hydrolysis) is 1. The lowest BCUT2D eigenvalue weighted by Crippen LogP contribution is -2.48. The van der Waals surface area contributed by atoms with Gasteiger partial charge in [-0.1, -0.05) is 30.3 Å². The van der Waals surface area contributed by atoms with Crippen molar-refractivity contribution in [3.8, 4) is 22.5 Å². The first-order valence-electron chi connectivity index (χ1n) is 16.8. The van der Waals surface area contributed by atoms with E-state index in [1.807, 2.05) is 58.0 Å². The van der Waals surface area contributed by atoms with E-state index in [4.69, 9.17) is 10.5 Å². The van der Waals surface area contributed by atoms with Gasteiger partial charge in [-0.2, -0.15) is 5.21 Å². The molecule has 1 aliphatic carbocycles. The zero-order chi connectivity index (χ0) is 35.8. The van der Waals surface area contributed by atoms with Gasteiger partial charge in [0.15, 0.2) is 0 Å². The minimum atomic E-state index is -0.839. The summed E-state index contributed by atoms with van der Waals surface area (Å²) in [6, 6.07) is 19.3. The van der Waals surface area contributed by atoms with Crippen LogP contribution in [0.4, 0.5) is 10.5 Å². The number of ether oxygens (including phenoxy) is 1. The maximum atomic E-state index is 13.7. The molecule has 3 aromatic carbocycles. The lowest BCUT2D eigenvalue weighted by atomic mass is 9.81. The van der Waals surface area contributed by atoms with Crippen molar-refractivity contribution >= 4 is 29.5 Å². The number of nitrogens with one attached hydrogen (secondary N) is 4. The van der Waals surface area contributed by atoms with Crippen molar-refractivity contribution in [2.75, 3.05) is 11.9 Å². The van der Waals surface area contributed by atoms with E-state index < -0.39 is 23.6 Å². The van der Waals surface area contributed by atoms with Crippen molar-refractivity contribution < 1.29 is 23.9 Å². The Balaban J connectivity index is 1.25. The van der Waals surface area contributed by atoms with Crippen molar-refractivity contribution in [1.82, 2.24) is 31.3 Å². The van der Waals surface area contributed by atoms with Gasteiger partial charge in [-0.3, -0.25) is 14.4 Å². The predicted octanol–water partition coefficient (Wildman–Crippen LogP) is 4.94. The zero-order valence-electron chi connectivity index (χ0n) is 28.8. The van der Waals surface area contributed by atoms with Gasteiger partial charge in [0.05, 0.1) is 0 Å². The molecule has 0 aliphatic heterocycles. The number of benzene rings is 3. The standard InChI is InChI=1S/C37H44N8O5/c1-22-19-28(32(38)46)15-18-30(22)25-9-5-23(6-10-25)20-31(35(48)40-29-16-13-26(14-17-29)33-42-44-45-43-33)41-34(47)27-11-7-24(8-12-27)21-39-36(49)50-37(2,3)4/h5-6,9-10,13-19,24,27,31H,7-8,11-12,20-21H2,1-4H3,(H2,38,46)(H,39,49)(H,40,48)(H,41,47)(H,42,43,44,45)/t24?,27?,31-/m0/s1. The van der Waals surface area contributed by atoms with Gasteiger partial charge < -0.3 is 26.4 Å². The first-order valence-corrected chi connectivity index (χ1v) is 16.8. The summed E-state index contributed by atoms with van der Waals surface area (Å²) in [7, 11) is 0. The summed E-state index contributed by atoms with van der Waals surface area (Å²) in [5, 5.41) is 22.8. The van der Waals surface area contributed by atoms with E-state index in [1.165, 1.54) is 0 Å². The number of aromatic nitrogens is 4. The van der Waals surface area contributed by atoms with Crippen LogP contribution in [-0.2, 0) is 20.7 Å². The van der Waals surface area contributed by atoms with Crippen LogP contribution in [0.5, 0.6) is 0 Å². The first kappa shape index (κ1) is 35.7. The minimum Gasteiger partial charge on any atom is -0.444 e. The number of carbonyl (C=O) groups is 4. The molecule has 6 N–H and O–H groups in total. The molecule has 262 valence electrons. The molecule has 1 heterocycles. The van der Waals surface area contributed by atoms with E-state index in [0.29, 0.717) is 36.5 Å². The van der Waals surface area contributed by atoms with E-state index in [9.17, 15) is 19.2 Å². The number of nitrogens with zero attached hydrogens (tertiary/aromatic N) is 3. The fourth-order valence-electron chi connectivity index (χ4n) is 6.08. The highest BCUT2D eigenvalue weighted by Gasteiger charge is 2.30. The topological polar surface area (TPSA) is 194 Å². The Hall–Kier alpha value is -5.59. The Labute approximate surface area is 291 Å². The third kappa shape index (κ3) is 9.74. The number of anilines is 1. The number of aromatic amines is 1. The van der Waals surface area contributed by atoms with Crippen LogP contribution in [0.25, 0.3) is 22.5 Å². The summed E-state index contributed by atoms with van der Waals surface area (Å²) < 4.78 is 5.34. The largest absolute Gasteiger partial charge is 0.444 e. The van der Waals surface area contributed by atoms with Gasteiger partial charge in [-0.25, -0.2) is 4.79 Å². The molecule has 0 radical (unpaired) electrons. The average Bonchev–Trinajstić information content (AvgIpc) is 3.62. The second kappa shape index (κ2) is 15.7. The lowest BCUT2D eigenvalue weighted by Gasteiger charge is -2.29. The molecule has 0 unspecified atom stereocenters. The first-order chi connectivity index (χ1) is 23.8. The van der Waals surface area contributed by atoms with Crippen LogP contribution in [-0.4, -0.2) is 62.6 Å². The quantitative estimate of drug-likeness (QED) is 0.147. The molecule has 13 nitrogen and oxygen atoms in total. The van der Waals surface area contributed by atoms with E-state index in [1.54, 1.807) is 36.4 Å². The molecule has 0 bridgehead atoms. The Morgan fingerprint density at radius 1 is 0.940 bits per heavy atom. The number of H-pyrrole nitrogens is 1. The van der Waals surface area contributed by atoms with E-state index in [0.717, 1.165) is 40.7 Å². The molecule has 1 atom stereocenters. The molecule has 1 saturated carbocycles. The maximum Gasteiger partial charge on any atom is 0.407 e. The highest BCUT2D eigenvalue weighted by Crippen LogP contribution is 2.29. The van der Waals surface area contributed by atoms with Crippen LogP contribution in [0.3, 0.4) is 0 Å². The number of primary amides is 1. The highest BCUT2D eigenvalue weighted by atomic mass is 16.6. The Kier molecular flexibility index (Phi) is 11.2. The second-order valence-corrected chi connectivity index (χ2v) is 13.8. The van der Waals surface area contributed by atoms with Crippen molar-refractivity contribution in [3.05, 3.63) is 83.4 Å². The maximum absolute atomic E-state index is 13.7. The van der Waals surface area contributed by atoms with E-state index in [2.05, 4.69) is 36.6 Å². The summed E-state index contributed by atoms with van der Waals surface area (Å²) in [6.45, 7) is 7.88. The van der Waals surface area contributed by atoms with Gasteiger partial charge in [-0.15, -0.1) is 10.2 Å². The molecule has 50 heavy (non-hydrogen) atoms. The Morgan fingerprint density at radius 2 is 1.62 bits per heavy atom. The monoisotopic (exact) mass is 680 g/mol. The Morgan fingerprint density at radius 3 is 2.22 bits per heavy atom. The molecule has 1 aromatic heterocycles. The summed E-state index contributed by atoms with van der Waals surface area (Å²) in [4.78, 5) is 51.0. The number of hydrogen-bond donors (Lipinski definition) is 5. The number of nitrogens with two attached hydrogens (primary N) is 1. The molecule has 5 rings (SSSR count). The van der Waals surface area contributed by atoms with Gasteiger partial charge in [0, 0.05) is 35.7 Å². The van der Waals surface area contributed by atoms with E-state index in [-0.39, 0.29) is 30.1 Å². The molecular weight excluding hydrogens is 636 g/mol. The average molecular weight is 681 g/mol. The molecule has 4 aromatic rings. The van der Waals surface area contributed by atoms with E-state index >= 15 is 0 Å². The van der Waals surface area contributed by atoms with Crippen molar-refractivity contribution in [1.29, 1.82) is 0 Å². The third-order valence-electron chi connectivity index (χ3n) is 8.76. The van der Waals surface area contributed by atoms with Gasteiger partial charge in [0.25, 0.3) is 0 Å². The number of amides is 4. The van der Waals surface area contributed by atoms with Crippen LogP contribution in [0.1, 0.15) is 67.9 Å². The van der Waals surface area contributed by atoms with Gasteiger partial charge >= 0.3 is 6.09 Å². The fraction of sp³-hybridized carbons (Fsp3) is 0.378. The predicted molar refractivity (Wildman–Crippen MR) is 189 cm³/mol. The normalized spacial score (nSPS) is 16.6. The van der Waals surface area contributed by atoms with Crippen molar-refractivity contribution in [3.63, 3.8) is 0 Å². The molecule has 1 aliphatic rings. The van der Waals surface area contributed by atoms with Crippen LogP contribution in [0, 0.1) is 18.8 Å². The second-order valence-electron chi connectivity index (χ2n) is 13.8. The smallest absolute Gasteiger partial charge is 0.407 e. The lowest BCUT2D eigenvalue weighted by molar-refractivity contribution is -0.130. The molecule has 4 amide bonds. The summed E-state index contributed by atoms with van der Waals surface area (Å²) in [6.07, 6.45) is 2.69. The van der Waals surface area contributed by atoms with Gasteiger partial charge in [0.2, 0.25) is 23.5 Å². The third-order valence-corrected chi connectivity index (χ3v) is 8.76. The molecule has 13 heteroatoms. The number of aryl methyl sites for hydroxylation is 1. The molecular formula is C37H44N8O5. The number of rotatable bonds is 11.